The molecule has 1 heterocycles. The normalized spacial score (nSPS) is 15.3. The highest BCUT2D eigenvalue weighted by Crippen LogP contribution is 2.06. The van der Waals surface area contributed by atoms with Crippen molar-refractivity contribution in [3.8, 4) is 0 Å². The molecule has 0 aliphatic carbocycles. The lowest BCUT2D eigenvalue weighted by atomic mass is 10.1. The van der Waals surface area contributed by atoms with E-state index in [4.69, 9.17) is 4.74 Å². The molecule has 104 valence electrons. The quantitative estimate of drug-likeness (QED) is 0.830. The number of carbonyl (C=O) groups excluding carboxylic acids is 1. The largest absolute Gasteiger partial charge is 0.448 e. The third-order valence-electron chi connectivity index (χ3n) is 3.26. The fourth-order valence-electron chi connectivity index (χ4n) is 2.16. The first-order valence-corrected chi connectivity index (χ1v) is 7.08. The number of nitrogens with one attached hydrogen (secondary N) is 1. The minimum Gasteiger partial charge on any atom is -0.448 e. The van der Waals surface area contributed by atoms with E-state index in [9.17, 15) is 4.79 Å². The third-order valence-corrected chi connectivity index (χ3v) is 3.26. The third kappa shape index (κ3) is 4.91. The monoisotopic (exact) mass is 262 g/mol. The molecule has 0 unspecified atom stereocenters. The van der Waals surface area contributed by atoms with Crippen molar-refractivity contribution in [2.45, 2.75) is 32.1 Å². The lowest BCUT2D eigenvalue weighted by Crippen LogP contribution is -2.47. The molecule has 1 amide bonds. The zero-order valence-corrected chi connectivity index (χ0v) is 11.3. The molecule has 1 saturated heterocycles. The number of rotatable bonds is 5. The summed E-state index contributed by atoms with van der Waals surface area (Å²) in [6.45, 7) is 2.12. The van der Waals surface area contributed by atoms with Crippen LogP contribution < -0.4 is 5.43 Å². The van der Waals surface area contributed by atoms with Crippen LogP contribution in [0.5, 0.6) is 0 Å². The summed E-state index contributed by atoms with van der Waals surface area (Å²) in [6, 6.07) is 10.4. The minimum atomic E-state index is -0.237. The molecular weight excluding hydrogens is 240 g/mol. The molecule has 4 nitrogen and oxygen atoms in total. The number of aryl methyl sites for hydroxylation is 1. The van der Waals surface area contributed by atoms with Crippen LogP contribution in [0, 0.1) is 0 Å². The lowest BCUT2D eigenvalue weighted by molar-refractivity contribution is 0.0719. The Hall–Kier alpha value is -1.55. The first kappa shape index (κ1) is 13.9. The molecule has 0 bridgehead atoms. The van der Waals surface area contributed by atoms with E-state index in [0.717, 1.165) is 45.2 Å². The lowest BCUT2D eigenvalue weighted by Gasteiger charge is -2.26. The maximum atomic E-state index is 11.7. The number of ether oxygens (including phenoxy) is 1. The number of unbranched alkanes of at least 4 members (excludes halogenated alkanes) is 1. The standard InChI is InChI=1S/C15H22N2O2/c18-15(17-12-6-5-11-16-17)19-13-7-4-10-14-8-2-1-3-9-14/h1-3,8-9,16H,4-7,10-13H2. The van der Waals surface area contributed by atoms with Gasteiger partial charge in [-0.2, -0.15) is 0 Å². The van der Waals surface area contributed by atoms with Gasteiger partial charge in [-0.25, -0.2) is 15.2 Å². The van der Waals surface area contributed by atoms with Gasteiger partial charge in [-0.1, -0.05) is 30.3 Å². The Labute approximate surface area is 114 Å². The first-order valence-electron chi connectivity index (χ1n) is 7.08. The highest BCUT2D eigenvalue weighted by atomic mass is 16.6. The van der Waals surface area contributed by atoms with Gasteiger partial charge in [0.2, 0.25) is 0 Å². The topological polar surface area (TPSA) is 41.6 Å². The van der Waals surface area contributed by atoms with Crippen LogP contribution in [0.15, 0.2) is 30.3 Å². The second-order valence-corrected chi connectivity index (χ2v) is 4.82. The highest BCUT2D eigenvalue weighted by Gasteiger charge is 2.16. The van der Waals surface area contributed by atoms with Crippen LogP contribution in [-0.4, -0.2) is 30.8 Å². The van der Waals surface area contributed by atoms with Crippen molar-refractivity contribution < 1.29 is 9.53 Å². The summed E-state index contributed by atoms with van der Waals surface area (Å²) in [5, 5.41) is 1.58. The average molecular weight is 262 g/mol. The van der Waals surface area contributed by atoms with Gasteiger partial charge < -0.3 is 4.74 Å². The first-order chi connectivity index (χ1) is 9.36. The number of carbonyl (C=O) groups is 1. The predicted octanol–water partition coefficient (Wildman–Crippen LogP) is 2.75. The second kappa shape index (κ2) is 7.79. The molecule has 1 N–H and O–H groups in total. The number of benzene rings is 1. The Kier molecular flexibility index (Phi) is 5.69. The van der Waals surface area contributed by atoms with Crippen LogP contribution in [0.1, 0.15) is 31.2 Å². The molecule has 4 heteroatoms. The number of nitrogens with zero attached hydrogens (tertiary/aromatic N) is 1. The number of hydrogen-bond donors (Lipinski definition) is 1. The maximum Gasteiger partial charge on any atom is 0.424 e. The van der Waals surface area contributed by atoms with Gasteiger partial charge in [0.25, 0.3) is 0 Å². The van der Waals surface area contributed by atoms with E-state index in [0.29, 0.717) is 6.61 Å². The molecular formula is C15H22N2O2. The molecule has 0 saturated carbocycles. The zero-order chi connectivity index (χ0) is 13.3. The van der Waals surface area contributed by atoms with Crippen molar-refractivity contribution in [1.82, 2.24) is 10.4 Å². The van der Waals surface area contributed by atoms with E-state index in [1.165, 1.54) is 5.56 Å². The Morgan fingerprint density at radius 3 is 2.79 bits per heavy atom. The zero-order valence-electron chi connectivity index (χ0n) is 11.3. The number of amides is 1. The van der Waals surface area contributed by atoms with Gasteiger partial charge in [-0.3, -0.25) is 0 Å². The smallest absolute Gasteiger partial charge is 0.424 e. The Morgan fingerprint density at radius 2 is 2.05 bits per heavy atom. The SMILES string of the molecule is O=C(OCCCCc1ccccc1)N1CCCCN1. The Balaban J connectivity index is 1.55. The average Bonchev–Trinajstić information content (AvgIpc) is 2.49. The van der Waals surface area contributed by atoms with Crippen molar-refractivity contribution in [3.05, 3.63) is 35.9 Å². The van der Waals surface area contributed by atoms with Crippen LogP contribution in [0.2, 0.25) is 0 Å². The molecule has 1 aromatic carbocycles. The summed E-state index contributed by atoms with van der Waals surface area (Å²) in [4.78, 5) is 11.7. The van der Waals surface area contributed by atoms with Gasteiger partial charge in [-0.05, 0) is 37.7 Å². The molecule has 0 aromatic heterocycles. The van der Waals surface area contributed by atoms with Gasteiger partial charge in [-0.15, -0.1) is 0 Å². The summed E-state index contributed by atoms with van der Waals surface area (Å²) in [5.41, 5.74) is 4.38. The molecule has 0 atom stereocenters. The highest BCUT2D eigenvalue weighted by molar-refractivity contribution is 5.67. The van der Waals surface area contributed by atoms with E-state index in [1.807, 2.05) is 6.07 Å². The summed E-state index contributed by atoms with van der Waals surface area (Å²) in [5.74, 6) is 0. The molecule has 1 aliphatic heterocycles. The van der Waals surface area contributed by atoms with Crippen LogP contribution in [-0.2, 0) is 11.2 Å². The van der Waals surface area contributed by atoms with Crippen LogP contribution >= 0.6 is 0 Å². The van der Waals surface area contributed by atoms with Crippen molar-refractivity contribution in [3.63, 3.8) is 0 Å². The fraction of sp³-hybridized carbons (Fsp3) is 0.533. The predicted molar refractivity (Wildman–Crippen MR) is 74.7 cm³/mol. The van der Waals surface area contributed by atoms with Gasteiger partial charge >= 0.3 is 6.09 Å². The van der Waals surface area contributed by atoms with Crippen LogP contribution in [0.25, 0.3) is 0 Å². The molecule has 19 heavy (non-hydrogen) atoms. The van der Waals surface area contributed by atoms with E-state index in [-0.39, 0.29) is 6.09 Å². The van der Waals surface area contributed by atoms with E-state index in [2.05, 4.69) is 29.7 Å². The maximum absolute atomic E-state index is 11.7. The summed E-state index contributed by atoms with van der Waals surface area (Å²) in [7, 11) is 0. The summed E-state index contributed by atoms with van der Waals surface area (Å²) >= 11 is 0. The second-order valence-electron chi connectivity index (χ2n) is 4.82. The fourth-order valence-corrected chi connectivity index (χ4v) is 2.16. The summed E-state index contributed by atoms with van der Waals surface area (Å²) in [6.07, 6.45) is 4.94. The van der Waals surface area contributed by atoms with Gasteiger partial charge in [0.15, 0.2) is 0 Å². The van der Waals surface area contributed by atoms with E-state index in [1.54, 1.807) is 5.01 Å². The van der Waals surface area contributed by atoms with Crippen molar-refractivity contribution >= 4 is 6.09 Å². The van der Waals surface area contributed by atoms with Crippen LogP contribution in [0.4, 0.5) is 4.79 Å². The number of hydrazine groups is 1. The number of hydrogen-bond acceptors (Lipinski definition) is 3. The molecule has 0 spiro atoms. The van der Waals surface area contributed by atoms with E-state index >= 15 is 0 Å². The molecule has 1 aromatic rings. The Morgan fingerprint density at radius 1 is 1.21 bits per heavy atom. The van der Waals surface area contributed by atoms with Crippen LogP contribution in [0.3, 0.4) is 0 Å². The van der Waals surface area contributed by atoms with Gasteiger partial charge in [0.1, 0.15) is 0 Å². The Bertz CT molecular complexity index is 375. The van der Waals surface area contributed by atoms with E-state index < -0.39 is 0 Å². The minimum absolute atomic E-state index is 0.237. The van der Waals surface area contributed by atoms with Crippen molar-refractivity contribution in [2.75, 3.05) is 19.7 Å². The van der Waals surface area contributed by atoms with Gasteiger partial charge in [0, 0.05) is 13.1 Å². The molecule has 1 fully saturated rings. The molecule has 1 aliphatic rings. The van der Waals surface area contributed by atoms with Crippen molar-refractivity contribution in [2.24, 2.45) is 0 Å². The van der Waals surface area contributed by atoms with Gasteiger partial charge in [0.05, 0.1) is 6.61 Å². The van der Waals surface area contributed by atoms with Crippen molar-refractivity contribution in [1.29, 1.82) is 0 Å². The molecule has 0 radical (unpaired) electrons. The molecule has 2 rings (SSSR count). The summed E-state index contributed by atoms with van der Waals surface area (Å²) < 4.78 is 5.24.